The monoisotopic (exact) mass is 526 g/mol. The molecule has 0 radical (unpaired) electrons. The Labute approximate surface area is 225 Å². The lowest BCUT2D eigenvalue weighted by molar-refractivity contribution is -0.118. The lowest BCUT2D eigenvalue weighted by Gasteiger charge is -2.08. The van der Waals surface area contributed by atoms with Gasteiger partial charge in [-0.2, -0.15) is 4.98 Å². The summed E-state index contributed by atoms with van der Waals surface area (Å²) in [6, 6.07) is 17.8. The Bertz CT molecular complexity index is 1650. The number of nitrogens with two attached hydrogens (primary N) is 1. The van der Waals surface area contributed by atoms with Gasteiger partial charge in [0.25, 0.3) is 0 Å². The van der Waals surface area contributed by atoms with Gasteiger partial charge < -0.3 is 4.57 Å². The normalized spacial score (nSPS) is 11.5. The number of aromatic nitrogens is 4. The average molecular weight is 527 g/mol. The summed E-state index contributed by atoms with van der Waals surface area (Å²) in [7, 11) is 1.96. The third-order valence-electron chi connectivity index (χ3n) is 6.63. The van der Waals surface area contributed by atoms with Crippen molar-refractivity contribution in [2.45, 2.75) is 26.7 Å². The Hall–Kier alpha value is -3.95. The Morgan fingerprint density at radius 3 is 2.63 bits per heavy atom. The number of nitrogens with one attached hydrogen (secondary N) is 1. The minimum absolute atomic E-state index is 0.0159. The van der Waals surface area contributed by atoms with E-state index in [-0.39, 0.29) is 23.6 Å². The average Bonchev–Trinajstić information content (AvgIpc) is 3.47. The third-order valence-corrected chi connectivity index (χ3v) is 7.16. The summed E-state index contributed by atoms with van der Waals surface area (Å²) in [5.74, 6) is 0.844. The standard InChI is InChI=1S/C29H30N6O2S/c1-18(2)28(37)32-29-31-26-16-21(12-13-35(26)33-29)20-10-11-25-23(15-20)24(17-34(25)3)27(36)22-9-5-4-7-19(22)8-6-14-38-30/h4-5,7,9-13,15-18H,6,8,14,30H2,1-3H3,(H,32,33,37). The van der Waals surface area contributed by atoms with Gasteiger partial charge in [0, 0.05) is 53.1 Å². The molecule has 0 saturated carbocycles. The predicted molar refractivity (Wildman–Crippen MR) is 153 cm³/mol. The molecule has 0 fully saturated rings. The minimum atomic E-state index is -0.163. The van der Waals surface area contributed by atoms with Crippen LogP contribution >= 0.6 is 11.9 Å². The van der Waals surface area contributed by atoms with Gasteiger partial charge >= 0.3 is 0 Å². The van der Waals surface area contributed by atoms with Crippen molar-refractivity contribution in [1.82, 2.24) is 19.2 Å². The molecule has 0 atom stereocenters. The summed E-state index contributed by atoms with van der Waals surface area (Å²) >= 11 is 1.33. The molecule has 0 aliphatic carbocycles. The first kappa shape index (κ1) is 25.7. The van der Waals surface area contributed by atoms with Crippen molar-refractivity contribution >= 4 is 46.1 Å². The number of carbonyl (C=O) groups excluding carboxylic acids is 2. The zero-order valence-corrected chi connectivity index (χ0v) is 22.5. The van der Waals surface area contributed by atoms with Crippen LogP contribution in [0.1, 0.15) is 41.8 Å². The number of hydrogen-bond acceptors (Lipinski definition) is 6. The van der Waals surface area contributed by atoms with E-state index >= 15 is 0 Å². The second kappa shape index (κ2) is 10.8. The van der Waals surface area contributed by atoms with Crippen LogP contribution in [0.3, 0.4) is 0 Å². The van der Waals surface area contributed by atoms with Gasteiger partial charge in [0.15, 0.2) is 11.4 Å². The number of benzene rings is 2. The smallest absolute Gasteiger partial charge is 0.249 e. The number of rotatable bonds is 9. The van der Waals surface area contributed by atoms with Crippen molar-refractivity contribution in [3.63, 3.8) is 0 Å². The first-order valence-corrected chi connectivity index (χ1v) is 13.6. The molecule has 0 spiro atoms. The first-order valence-electron chi connectivity index (χ1n) is 12.6. The summed E-state index contributed by atoms with van der Waals surface area (Å²) in [6.07, 6.45) is 5.45. The van der Waals surface area contributed by atoms with Crippen LogP contribution in [0.15, 0.2) is 67.0 Å². The van der Waals surface area contributed by atoms with Crippen molar-refractivity contribution in [3.8, 4) is 11.1 Å². The van der Waals surface area contributed by atoms with E-state index < -0.39 is 0 Å². The van der Waals surface area contributed by atoms with E-state index in [2.05, 4.69) is 21.5 Å². The van der Waals surface area contributed by atoms with E-state index in [1.165, 1.54) is 11.9 Å². The number of amides is 1. The van der Waals surface area contributed by atoms with E-state index in [0.717, 1.165) is 51.8 Å². The van der Waals surface area contributed by atoms with Gasteiger partial charge in [0.2, 0.25) is 11.9 Å². The van der Waals surface area contributed by atoms with Gasteiger partial charge in [-0.1, -0.05) is 56.1 Å². The lowest BCUT2D eigenvalue weighted by atomic mass is 9.95. The van der Waals surface area contributed by atoms with Crippen molar-refractivity contribution in [1.29, 1.82) is 0 Å². The first-order chi connectivity index (χ1) is 18.4. The quantitative estimate of drug-likeness (QED) is 0.154. The molecule has 5 rings (SSSR count). The number of pyridine rings is 1. The topological polar surface area (TPSA) is 107 Å². The van der Waals surface area contributed by atoms with Crippen LogP contribution in [0.4, 0.5) is 5.95 Å². The maximum Gasteiger partial charge on any atom is 0.249 e. The molecular formula is C29H30N6O2S. The second-order valence-corrected chi connectivity index (χ2v) is 10.4. The number of hydrogen-bond donors (Lipinski definition) is 2. The van der Waals surface area contributed by atoms with Crippen molar-refractivity contribution in [2.24, 2.45) is 18.1 Å². The Morgan fingerprint density at radius 1 is 1.05 bits per heavy atom. The maximum atomic E-state index is 13.8. The number of aryl methyl sites for hydroxylation is 2. The van der Waals surface area contributed by atoms with Crippen LogP contribution in [-0.2, 0) is 18.3 Å². The van der Waals surface area contributed by atoms with E-state index in [1.54, 1.807) is 4.52 Å². The Morgan fingerprint density at radius 2 is 1.84 bits per heavy atom. The van der Waals surface area contributed by atoms with Crippen LogP contribution in [0.25, 0.3) is 27.7 Å². The van der Waals surface area contributed by atoms with Crippen LogP contribution in [-0.4, -0.2) is 36.6 Å². The van der Waals surface area contributed by atoms with Crippen molar-refractivity contribution in [3.05, 3.63) is 83.7 Å². The highest BCUT2D eigenvalue weighted by Crippen LogP contribution is 2.30. The van der Waals surface area contributed by atoms with Gasteiger partial charge in [0.1, 0.15) is 0 Å². The van der Waals surface area contributed by atoms with Crippen LogP contribution in [0, 0.1) is 5.92 Å². The molecule has 0 aliphatic rings. The SMILES string of the molecule is CC(C)C(=O)Nc1nc2cc(-c3ccc4c(c3)c(C(=O)c3ccccc3CCCSN)cn4C)ccn2n1. The molecule has 0 saturated heterocycles. The fourth-order valence-corrected chi connectivity index (χ4v) is 4.88. The molecule has 0 unspecified atom stereocenters. The summed E-state index contributed by atoms with van der Waals surface area (Å²) in [4.78, 5) is 30.3. The van der Waals surface area contributed by atoms with Crippen molar-refractivity contribution in [2.75, 3.05) is 11.1 Å². The summed E-state index contributed by atoms with van der Waals surface area (Å²) in [5.41, 5.74) is 5.95. The van der Waals surface area contributed by atoms with Gasteiger partial charge in [0.05, 0.1) is 0 Å². The van der Waals surface area contributed by atoms with Gasteiger partial charge in [-0.3, -0.25) is 20.0 Å². The zero-order chi connectivity index (χ0) is 26.8. The lowest BCUT2D eigenvalue weighted by Crippen LogP contribution is -2.18. The number of carbonyl (C=O) groups is 2. The zero-order valence-electron chi connectivity index (χ0n) is 21.6. The largest absolute Gasteiger partial charge is 0.350 e. The molecule has 3 N–H and O–H groups in total. The summed E-state index contributed by atoms with van der Waals surface area (Å²) in [5, 5.41) is 13.6. The van der Waals surface area contributed by atoms with E-state index in [0.29, 0.717) is 11.2 Å². The molecule has 8 nitrogen and oxygen atoms in total. The fourth-order valence-electron chi connectivity index (χ4n) is 4.57. The number of ketones is 1. The number of nitrogens with zero attached hydrogens (tertiary/aromatic N) is 4. The van der Waals surface area contributed by atoms with Gasteiger partial charge in [-0.15, -0.1) is 5.10 Å². The number of anilines is 1. The Balaban J connectivity index is 1.50. The predicted octanol–water partition coefficient (Wildman–Crippen LogP) is 5.25. The molecule has 0 bridgehead atoms. The molecule has 5 aromatic rings. The van der Waals surface area contributed by atoms with Gasteiger partial charge in [-0.25, -0.2) is 4.52 Å². The second-order valence-electron chi connectivity index (χ2n) is 9.64. The summed E-state index contributed by atoms with van der Waals surface area (Å²) in [6.45, 7) is 3.64. The maximum absolute atomic E-state index is 13.8. The fraction of sp³-hybridized carbons (Fsp3) is 0.241. The molecule has 2 aromatic carbocycles. The molecular weight excluding hydrogens is 496 g/mol. The van der Waals surface area contributed by atoms with Crippen LogP contribution < -0.4 is 10.5 Å². The van der Waals surface area contributed by atoms with E-state index in [4.69, 9.17) is 5.14 Å². The molecule has 194 valence electrons. The number of fused-ring (bicyclic) bond motifs is 2. The van der Waals surface area contributed by atoms with Crippen LogP contribution in [0.5, 0.6) is 0 Å². The molecule has 38 heavy (non-hydrogen) atoms. The molecule has 9 heteroatoms. The molecule has 3 aromatic heterocycles. The molecule has 0 aliphatic heterocycles. The highest BCUT2D eigenvalue weighted by Gasteiger charge is 2.19. The Kier molecular flexibility index (Phi) is 7.31. The third kappa shape index (κ3) is 5.07. The molecule has 1 amide bonds. The van der Waals surface area contributed by atoms with Crippen molar-refractivity contribution < 1.29 is 9.59 Å². The highest BCUT2D eigenvalue weighted by atomic mass is 32.2. The van der Waals surface area contributed by atoms with Crippen LogP contribution in [0.2, 0.25) is 0 Å². The summed E-state index contributed by atoms with van der Waals surface area (Å²) < 4.78 is 3.63. The van der Waals surface area contributed by atoms with E-state index in [1.807, 2.05) is 86.4 Å². The minimum Gasteiger partial charge on any atom is -0.350 e. The highest BCUT2D eigenvalue weighted by molar-refractivity contribution is 7.97. The van der Waals surface area contributed by atoms with E-state index in [9.17, 15) is 9.59 Å². The molecule has 3 heterocycles. The van der Waals surface area contributed by atoms with Gasteiger partial charge in [-0.05, 0) is 53.8 Å².